The number of hydrogen-bond donors (Lipinski definition) is 1. The summed E-state index contributed by atoms with van der Waals surface area (Å²) in [6.45, 7) is 6.47. The van der Waals surface area contributed by atoms with Crippen molar-refractivity contribution in [2.75, 3.05) is 32.7 Å². The summed E-state index contributed by atoms with van der Waals surface area (Å²) >= 11 is 0. The highest BCUT2D eigenvalue weighted by Crippen LogP contribution is 2.58. The number of piperidine rings is 1. The summed E-state index contributed by atoms with van der Waals surface area (Å²) in [6, 6.07) is 11.1. The molecule has 0 aromatic heterocycles. The average molecular weight is 270 g/mol. The van der Waals surface area contributed by atoms with Crippen molar-refractivity contribution in [2.24, 2.45) is 11.3 Å². The fourth-order valence-corrected chi connectivity index (χ4v) is 4.53. The number of benzene rings is 1. The minimum absolute atomic E-state index is 0.746. The van der Waals surface area contributed by atoms with Crippen molar-refractivity contribution in [2.45, 2.75) is 31.6 Å². The van der Waals surface area contributed by atoms with Crippen LogP contribution in [0.1, 0.15) is 37.2 Å². The molecule has 2 unspecified atom stereocenters. The van der Waals surface area contributed by atoms with Gasteiger partial charge in [0.2, 0.25) is 0 Å². The van der Waals surface area contributed by atoms with E-state index in [2.05, 4.69) is 40.5 Å². The Balaban J connectivity index is 1.32. The molecule has 3 aliphatic rings. The van der Waals surface area contributed by atoms with Crippen molar-refractivity contribution in [3.63, 3.8) is 0 Å². The molecule has 2 aliphatic heterocycles. The minimum atomic E-state index is 0.746. The van der Waals surface area contributed by atoms with Gasteiger partial charge >= 0.3 is 0 Å². The van der Waals surface area contributed by atoms with Gasteiger partial charge in [0, 0.05) is 13.1 Å². The monoisotopic (exact) mass is 270 g/mol. The molecule has 0 amide bonds. The number of nitrogens with zero attached hydrogens (tertiary/aromatic N) is 1. The van der Waals surface area contributed by atoms with Crippen LogP contribution in [-0.2, 0) is 0 Å². The lowest BCUT2D eigenvalue weighted by molar-refractivity contribution is 0.261. The van der Waals surface area contributed by atoms with Gasteiger partial charge in [-0.2, -0.15) is 0 Å². The molecular weight excluding hydrogens is 244 g/mol. The van der Waals surface area contributed by atoms with E-state index in [0.29, 0.717) is 0 Å². The molecule has 0 radical (unpaired) electrons. The maximum Gasteiger partial charge on any atom is 0.00509 e. The lowest BCUT2D eigenvalue weighted by Crippen LogP contribution is -2.32. The lowest BCUT2D eigenvalue weighted by atomic mass is 9.92. The highest BCUT2D eigenvalue weighted by Gasteiger charge is 2.54. The van der Waals surface area contributed by atoms with Crippen molar-refractivity contribution < 1.29 is 0 Å². The fourth-order valence-electron chi connectivity index (χ4n) is 4.53. The third-order valence-corrected chi connectivity index (χ3v) is 5.98. The first-order valence-corrected chi connectivity index (χ1v) is 8.34. The summed E-state index contributed by atoms with van der Waals surface area (Å²) in [5.74, 6) is 1.78. The average Bonchev–Trinajstić information content (AvgIpc) is 2.95. The topological polar surface area (TPSA) is 15.3 Å². The lowest BCUT2D eigenvalue weighted by Gasteiger charge is -2.25. The van der Waals surface area contributed by atoms with E-state index in [4.69, 9.17) is 0 Å². The van der Waals surface area contributed by atoms with Crippen LogP contribution >= 0.6 is 0 Å². The molecule has 0 bridgehead atoms. The summed E-state index contributed by atoms with van der Waals surface area (Å²) in [7, 11) is 0. The molecular formula is C18H26N2. The first-order chi connectivity index (χ1) is 9.86. The van der Waals surface area contributed by atoms with E-state index >= 15 is 0 Å². The summed E-state index contributed by atoms with van der Waals surface area (Å²) in [5.41, 5.74) is 2.29. The molecule has 1 saturated carbocycles. The van der Waals surface area contributed by atoms with Gasteiger partial charge in [0.1, 0.15) is 0 Å². The van der Waals surface area contributed by atoms with E-state index in [1.54, 1.807) is 5.56 Å². The van der Waals surface area contributed by atoms with Crippen molar-refractivity contribution in [1.29, 1.82) is 0 Å². The van der Waals surface area contributed by atoms with Crippen molar-refractivity contribution in [3.05, 3.63) is 35.9 Å². The first kappa shape index (κ1) is 12.8. The van der Waals surface area contributed by atoms with E-state index in [-0.39, 0.29) is 0 Å². The zero-order chi connectivity index (χ0) is 13.4. The predicted octanol–water partition coefficient (Wildman–Crippen LogP) is 2.87. The predicted molar refractivity (Wildman–Crippen MR) is 82.9 cm³/mol. The van der Waals surface area contributed by atoms with Gasteiger partial charge < -0.3 is 10.2 Å². The maximum absolute atomic E-state index is 3.51. The molecule has 1 aliphatic carbocycles. The molecule has 1 spiro atoms. The second-order valence-electron chi connectivity index (χ2n) is 7.17. The number of nitrogens with one attached hydrogen (secondary N) is 1. The fraction of sp³-hybridized carbons (Fsp3) is 0.667. The van der Waals surface area contributed by atoms with Gasteiger partial charge in [-0.05, 0) is 68.1 Å². The Morgan fingerprint density at radius 3 is 2.75 bits per heavy atom. The third-order valence-electron chi connectivity index (χ3n) is 5.98. The molecule has 108 valence electrons. The van der Waals surface area contributed by atoms with Crippen LogP contribution in [0.15, 0.2) is 30.3 Å². The first-order valence-electron chi connectivity index (χ1n) is 8.34. The summed E-state index contributed by atoms with van der Waals surface area (Å²) in [6.07, 6.45) is 5.70. The van der Waals surface area contributed by atoms with Gasteiger partial charge in [-0.15, -0.1) is 0 Å². The standard InChI is InChI=1S/C18H26N2/c1-2-4-15(5-3-1)16-6-11-20(13-16)14-17-12-18(17)7-9-19-10-8-18/h1-5,16-17,19H,6-14H2. The SMILES string of the molecule is c1ccc(C2CCN(CC3CC34CCNCC4)C2)cc1. The molecule has 2 atom stereocenters. The van der Waals surface area contributed by atoms with Gasteiger partial charge in [-0.1, -0.05) is 30.3 Å². The summed E-state index contributed by atoms with van der Waals surface area (Å²) < 4.78 is 0. The van der Waals surface area contributed by atoms with Crippen LogP contribution in [0.25, 0.3) is 0 Å². The van der Waals surface area contributed by atoms with Gasteiger partial charge in [0.05, 0.1) is 0 Å². The van der Waals surface area contributed by atoms with E-state index < -0.39 is 0 Å². The maximum atomic E-state index is 3.51. The van der Waals surface area contributed by atoms with Crippen molar-refractivity contribution in [3.8, 4) is 0 Å². The van der Waals surface area contributed by atoms with Crippen LogP contribution in [0.5, 0.6) is 0 Å². The molecule has 1 aromatic rings. The number of hydrogen-bond acceptors (Lipinski definition) is 2. The molecule has 2 heterocycles. The number of likely N-dealkylation sites (tertiary alicyclic amines) is 1. The van der Waals surface area contributed by atoms with Crippen molar-refractivity contribution >= 4 is 0 Å². The zero-order valence-corrected chi connectivity index (χ0v) is 12.4. The van der Waals surface area contributed by atoms with Crippen LogP contribution in [-0.4, -0.2) is 37.6 Å². The summed E-state index contributed by atoms with van der Waals surface area (Å²) in [5, 5.41) is 3.51. The quantitative estimate of drug-likeness (QED) is 0.908. The van der Waals surface area contributed by atoms with Crippen molar-refractivity contribution in [1.82, 2.24) is 10.2 Å². The van der Waals surface area contributed by atoms with Crippen LogP contribution in [0.2, 0.25) is 0 Å². The molecule has 4 rings (SSSR count). The Morgan fingerprint density at radius 2 is 1.95 bits per heavy atom. The van der Waals surface area contributed by atoms with Crippen LogP contribution < -0.4 is 5.32 Å². The Kier molecular flexibility index (Phi) is 3.31. The molecule has 20 heavy (non-hydrogen) atoms. The largest absolute Gasteiger partial charge is 0.317 e. The van der Waals surface area contributed by atoms with E-state index in [1.807, 2.05) is 0 Å². The Morgan fingerprint density at radius 1 is 1.15 bits per heavy atom. The van der Waals surface area contributed by atoms with Crippen LogP contribution in [0, 0.1) is 11.3 Å². The molecule has 3 fully saturated rings. The Bertz CT molecular complexity index is 450. The van der Waals surface area contributed by atoms with Gasteiger partial charge in [-0.3, -0.25) is 0 Å². The molecule has 2 heteroatoms. The highest BCUT2D eigenvalue weighted by molar-refractivity contribution is 5.21. The van der Waals surface area contributed by atoms with E-state index in [1.165, 1.54) is 58.4 Å². The highest BCUT2D eigenvalue weighted by atomic mass is 15.2. The van der Waals surface area contributed by atoms with Gasteiger partial charge in [0.25, 0.3) is 0 Å². The van der Waals surface area contributed by atoms with Gasteiger partial charge in [-0.25, -0.2) is 0 Å². The second kappa shape index (κ2) is 5.16. The summed E-state index contributed by atoms with van der Waals surface area (Å²) in [4.78, 5) is 2.74. The zero-order valence-electron chi connectivity index (χ0n) is 12.4. The van der Waals surface area contributed by atoms with Crippen LogP contribution in [0.4, 0.5) is 0 Å². The van der Waals surface area contributed by atoms with Crippen LogP contribution in [0.3, 0.4) is 0 Å². The Labute approximate surface area is 122 Å². The molecule has 2 nitrogen and oxygen atoms in total. The minimum Gasteiger partial charge on any atom is -0.317 e. The molecule has 2 saturated heterocycles. The molecule has 1 aromatic carbocycles. The number of rotatable bonds is 3. The van der Waals surface area contributed by atoms with E-state index in [9.17, 15) is 0 Å². The third kappa shape index (κ3) is 2.40. The van der Waals surface area contributed by atoms with E-state index in [0.717, 1.165) is 17.3 Å². The van der Waals surface area contributed by atoms with Gasteiger partial charge in [0.15, 0.2) is 0 Å². The normalized spacial score (nSPS) is 32.6. The molecule has 1 N–H and O–H groups in total. The second-order valence-corrected chi connectivity index (χ2v) is 7.17. The smallest absolute Gasteiger partial charge is 0.00509 e. The Hall–Kier alpha value is -0.860.